The van der Waals surface area contributed by atoms with Crippen molar-refractivity contribution in [2.75, 3.05) is 27.2 Å². The van der Waals surface area contributed by atoms with Crippen LogP contribution in [0.25, 0.3) is 5.70 Å². The maximum Gasteiger partial charge on any atom is 0.251 e. The molecule has 2 amide bonds. The topological polar surface area (TPSA) is 152 Å². The highest BCUT2D eigenvalue weighted by Crippen LogP contribution is 2.47. The van der Waals surface area contributed by atoms with Gasteiger partial charge in [-0.1, -0.05) is 30.0 Å². The molecule has 2 heterocycles. The molecule has 218 valence electrons. The number of carbonyl (C=O) groups is 2. The molecular formula is C31H37N9O2. The number of tetrazole rings is 1. The van der Waals surface area contributed by atoms with Crippen molar-refractivity contribution in [1.29, 1.82) is 5.26 Å². The first-order valence-electron chi connectivity index (χ1n) is 14.3. The van der Waals surface area contributed by atoms with Crippen LogP contribution in [0.4, 0.5) is 0 Å². The van der Waals surface area contributed by atoms with Crippen molar-refractivity contribution >= 4 is 17.5 Å². The highest BCUT2D eigenvalue weighted by Gasteiger charge is 2.45. The van der Waals surface area contributed by atoms with Gasteiger partial charge < -0.3 is 20.9 Å². The van der Waals surface area contributed by atoms with Crippen LogP contribution in [0.15, 0.2) is 43.0 Å². The molecule has 1 fully saturated rings. The summed E-state index contributed by atoms with van der Waals surface area (Å²) >= 11 is 0. The Balaban J connectivity index is 1.59. The number of fused-ring (bicyclic) bond motifs is 2. The van der Waals surface area contributed by atoms with Crippen molar-refractivity contribution in [3.05, 3.63) is 82.2 Å². The Morgan fingerprint density at radius 3 is 2.45 bits per heavy atom. The molecule has 0 spiro atoms. The number of H-pyrrole nitrogens is 1. The van der Waals surface area contributed by atoms with E-state index < -0.39 is 5.41 Å². The molecule has 0 bridgehead atoms. The number of aromatic nitrogens is 4. The number of aryl methyl sites for hydroxylation is 2. The zero-order chi connectivity index (χ0) is 29.9. The van der Waals surface area contributed by atoms with Crippen molar-refractivity contribution in [2.24, 2.45) is 0 Å². The molecule has 5 rings (SSSR count). The van der Waals surface area contributed by atoms with Crippen molar-refractivity contribution in [2.45, 2.75) is 56.5 Å². The quantitative estimate of drug-likeness (QED) is 0.307. The van der Waals surface area contributed by atoms with E-state index in [4.69, 9.17) is 0 Å². The summed E-state index contributed by atoms with van der Waals surface area (Å²) in [6, 6.07) is 13.9. The second-order valence-corrected chi connectivity index (χ2v) is 11.1. The first-order chi connectivity index (χ1) is 20.3. The Hall–Kier alpha value is -4.56. The van der Waals surface area contributed by atoms with E-state index in [9.17, 15) is 14.9 Å². The molecule has 1 saturated heterocycles. The fourth-order valence-electron chi connectivity index (χ4n) is 6.45. The third kappa shape index (κ3) is 5.25. The summed E-state index contributed by atoms with van der Waals surface area (Å²) < 4.78 is 0. The van der Waals surface area contributed by atoms with Gasteiger partial charge in [0.25, 0.3) is 5.91 Å². The Morgan fingerprint density at radius 2 is 1.83 bits per heavy atom. The van der Waals surface area contributed by atoms with Crippen LogP contribution >= 0.6 is 0 Å². The van der Waals surface area contributed by atoms with E-state index in [1.165, 1.54) is 0 Å². The third-order valence-electron chi connectivity index (χ3n) is 8.60. The van der Waals surface area contributed by atoms with Gasteiger partial charge in [0.2, 0.25) is 5.91 Å². The van der Waals surface area contributed by atoms with Crippen molar-refractivity contribution < 1.29 is 9.59 Å². The minimum absolute atomic E-state index is 0.0772. The number of nitrogens with zero attached hydrogens (tertiary/aromatic N) is 5. The van der Waals surface area contributed by atoms with Gasteiger partial charge in [0.15, 0.2) is 5.82 Å². The minimum Gasteiger partial charge on any atom is -0.388 e. The summed E-state index contributed by atoms with van der Waals surface area (Å²) in [5.41, 5.74) is 5.77. The van der Waals surface area contributed by atoms with E-state index in [1.54, 1.807) is 11.9 Å². The Bertz CT molecular complexity index is 1460. The van der Waals surface area contributed by atoms with Gasteiger partial charge in [-0.05, 0) is 85.0 Å². The molecule has 11 heteroatoms. The molecule has 1 aromatic heterocycles. The number of benzene rings is 2. The highest BCUT2D eigenvalue weighted by atomic mass is 16.2. The van der Waals surface area contributed by atoms with E-state index in [0.29, 0.717) is 37.2 Å². The summed E-state index contributed by atoms with van der Waals surface area (Å²) in [6.07, 6.45) is 3.54. The van der Waals surface area contributed by atoms with Crippen LogP contribution in [-0.4, -0.2) is 76.6 Å². The van der Waals surface area contributed by atoms with Gasteiger partial charge in [-0.25, -0.2) is 0 Å². The van der Waals surface area contributed by atoms with Gasteiger partial charge in [0.05, 0.1) is 18.0 Å². The SMILES string of the molecule is C=C(NC)c1ccc2c(c1)CCc1cc(C(=O)NC)ccc1C2(C[C@@H](C)NCC(=O)N1CCCC1C#N)c1nn[nH]n1. The second-order valence-electron chi connectivity index (χ2n) is 11.1. The van der Waals surface area contributed by atoms with Gasteiger partial charge in [-0.2, -0.15) is 10.5 Å². The predicted molar refractivity (Wildman–Crippen MR) is 158 cm³/mol. The van der Waals surface area contributed by atoms with Gasteiger partial charge in [-0.3, -0.25) is 9.59 Å². The van der Waals surface area contributed by atoms with Crippen LogP contribution in [-0.2, 0) is 23.1 Å². The number of hydrogen-bond donors (Lipinski definition) is 4. The predicted octanol–water partition coefficient (Wildman–Crippen LogP) is 2.07. The van der Waals surface area contributed by atoms with Crippen LogP contribution in [0, 0.1) is 11.3 Å². The average molecular weight is 568 g/mol. The Labute approximate surface area is 245 Å². The minimum atomic E-state index is -0.826. The largest absolute Gasteiger partial charge is 0.388 e. The van der Waals surface area contributed by atoms with E-state index in [2.05, 4.69) is 61.4 Å². The number of amides is 2. The number of likely N-dealkylation sites (tertiary alicyclic amines) is 1. The monoisotopic (exact) mass is 567 g/mol. The lowest BCUT2D eigenvalue weighted by Crippen LogP contribution is -2.45. The number of aromatic amines is 1. The third-order valence-corrected chi connectivity index (χ3v) is 8.60. The summed E-state index contributed by atoms with van der Waals surface area (Å²) in [5.74, 6) is 0.291. The molecule has 2 aromatic carbocycles. The van der Waals surface area contributed by atoms with Crippen molar-refractivity contribution in [1.82, 2.24) is 41.5 Å². The number of nitrogens with one attached hydrogen (secondary N) is 4. The molecular weight excluding hydrogens is 530 g/mol. The first-order valence-corrected chi connectivity index (χ1v) is 14.3. The Kier molecular flexibility index (Phi) is 8.36. The summed E-state index contributed by atoms with van der Waals surface area (Å²) in [7, 11) is 3.47. The van der Waals surface area contributed by atoms with Gasteiger partial charge >= 0.3 is 0 Å². The maximum absolute atomic E-state index is 13.1. The molecule has 11 nitrogen and oxygen atoms in total. The molecule has 1 aliphatic carbocycles. The Morgan fingerprint density at radius 1 is 1.14 bits per heavy atom. The summed E-state index contributed by atoms with van der Waals surface area (Å²) in [5, 5.41) is 34.4. The lowest BCUT2D eigenvalue weighted by atomic mass is 9.67. The fourth-order valence-corrected chi connectivity index (χ4v) is 6.45. The fraction of sp³-hybridized carbons (Fsp3) is 0.419. The molecule has 3 aromatic rings. The lowest BCUT2D eigenvalue weighted by molar-refractivity contribution is -0.130. The number of rotatable bonds is 9. The molecule has 2 unspecified atom stereocenters. The lowest BCUT2D eigenvalue weighted by Gasteiger charge is -2.36. The summed E-state index contributed by atoms with van der Waals surface area (Å²) in [4.78, 5) is 27.3. The van der Waals surface area contributed by atoms with Crippen molar-refractivity contribution in [3.63, 3.8) is 0 Å². The molecule has 0 radical (unpaired) electrons. The molecule has 2 aliphatic rings. The molecule has 42 heavy (non-hydrogen) atoms. The van der Waals surface area contributed by atoms with Crippen LogP contribution in [0.2, 0.25) is 0 Å². The van der Waals surface area contributed by atoms with Crippen LogP contribution < -0.4 is 16.0 Å². The molecule has 3 atom stereocenters. The van der Waals surface area contributed by atoms with Gasteiger partial charge in [0, 0.05) is 37.9 Å². The molecule has 4 N–H and O–H groups in total. The standard InChI is InChI=1S/C31H37N9O2/c1-19(35-18-28(41)40-13-5-6-25(40)17-32)16-31(30-36-38-39-37-30)26-11-9-21(20(2)33-3)14-22(26)7-8-23-15-24(29(42)34-4)10-12-27(23)31/h9-12,14-15,19,25,33,35H,2,5-8,13,16,18H2,1,3-4H3,(H,34,42)(H,36,37,38,39)/t19-,25?,31?/m1/s1. The number of carbonyl (C=O) groups excluding carboxylic acids is 2. The first kappa shape index (κ1) is 29.0. The second kappa shape index (κ2) is 12.1. The number of hydrogen-bond acceptors (Lipinski definition) is 8. The smallest absolute Gasteiger partial charge is 0.251 e. The zero-order valence-electron chi connectivity index (χ0n) is 24.3. The van der Waals surface area contributed by atoms with Gasteiger partial charge in [-0.15, -0.1) is 10.2 Å². The van der Waals surface area contributed by atoms with E-state index in [0.717, 1.165) is 46.4 Å². The maximum atomic E-state index is 13.1. The van der Waals surface area contributed by atoms with Crippen LogP contribution in [0.1, 0.15) is 70.2 Å². The normalized spacial score (nSPS) is 20.0. The zero-order valence-corrected chi connectivity index (χ0v) is 24.3. The van der Waals surface area contributed by atoms with Crippen LogP contribution in [0.3, 0.4) is 0 Å². The van der Waals surface area contributed by atoms with E-state index >= 15 is 0 Å². The molecule has 0 saturated carbocycles. The van der Waals surface area contributed by atoms with Crippen LogP contribution in [0.5, 0.6) is 0 Å². The van der Waals surface area contributed by atoms with Crippen molar-refractivity contribution in [3.8, 4) is 6.07 Å². The van der Waals surface area contributed by atoms with E-state index in [-0.39, 0.29) is 30.4 Å². The van der Waals surface area contributed by atoms with Gasteiger partial charge in [0.1, 0.15) is 6.04 Å². The number of nitriles is 1. The van der Waals surface area contributed by atoms with E-state index in [1.807, 2.05) is 38.2 Å². The summed E-state index contributed by atoms with van der Waals surface area (Å²) in [6.45, 7) is 6.93. The molecule has 1 aliphatic heterocycles. The average Bonchev–Trinajstić information content (AvgIpc) is 3.71. The highest BCUT2D eigenvalue weighted by molar-refractivity contribution is 5.94.